The minimum Gasteiger partial charge on any atom is -0.462 e. The van der Waals surface area contributed by atoms with E-state index in [0.29, 0.717) is 6.42 Å². The molecule has 0 rings (SSSR count). The van der Waals surface area contributed by atoms with Gasteiger partial charge in [-0.25, -0.2) is 0 Å². The molecule has 20 heavy (non-hydrogen) atoms. The highest BCUT2D eigenvalue weighted by atomic mass is 16.6. The molecule has 118 valence electrons. The number of hydrogen-bond acceptors (Lipinski definition) is 4. The largest absolute Gasteiger partial charge is 0.462 e. The maximum Gasteiger partial charge on any atom is 0.324 e. The summed E-state index contributed by atoms with van der Waals surface area (Å²) in [7, 11) is 0. The molecule has 0 aliphatic heterocycles. The van der Waals surface area contributed by atoms with Crippen LogP contribution in [0.2, 0.25) is 0 Å². The van der Waals surface area contributed by atoms with E-state index >= 15 is 0 Å². The summed E-state index contributed by atoms with van der Waals surface area (Å²) in [6.45, 7) is 14.8. The SMILES string of the molecule is CC(C)CC(C(=O)OC(C)C)(C(=O)OC(C)C)C(C)C. The van der Waals surface area contributed by atoms with Crippen LogP contribution in [0.5, 0.6) is 0 Å². The van der Waals surface area contributed by atoms with Gasteiger partial charge in [-0.1, -0.05) is 27.7 Å². The zero-order valence-corrected chi connectivity index (χ0v) is 14.1. The molecular formula is C16H30O4. The molecule has 0 atom stereocenters. The van der Waals surface area contributed by atoms with Crippen molar-refractivity contribution in [3.05, 3.63) is 0 Å². The third-order valence-electron chi connectivity index (χ3n) is 3.13. The Hall–Kier alpha value is -1.06. The van der Waals surface area contributed by atoms with Crippen LogP contribution in [0.4, 0.5) is 0 Å². The van der Waals surface area contributed by atoms with Gasteiger partial charge in [0, 0.05) is 0 Å². The van der Waals surface area contributed by atoms with E-state index in [4.69, 9.17) is 9.47 Å². The van der Waals surface area contributed by atoms with Gasteiger partial charge in [-0.2, -0.15) is 0 Å². The summed E-state index contributed by atoms with van der Waals surface area (Å²) in [6, 6.07) is 0. The van der Waals surface area contributed by atoms with Crippen LogP contribution in [0.25, 0.3) is 0 Å². The van der Waals surface area contributed by atoms with Crippen LogP contribution in [0.1, 0.15) is 61.8 Å². The average molecular weight is 286 g/mol. The lowest BCUT2D eigenvalue weighted by atomic mass is 9.71. The fraction of sp³-hybridized carbons (Fsp3) is 0.875. The number of esters is 2. The highest BCUT2D eigenvalue weighted by Crippen LogP contribution is 2.38. The number of rotatable bonds is 7. The van der Waals surface area contributed by atoms with E-state index in [9.17, 15) is 9.59 Å². The fourth-order valence-electron chi connectivity index (χ4n) is 2.24. The van der Waals surface area contributed by atoms with Crippen LogP contribution >= 0.6 is 0 Å². The van der Waals surface area contributed by atoms with Gasteiger partial charge in [-0.05, 0) is 46.0 Å². The lowest BCUT2D eigenvalue weighted by molar-refractivity contribution is -0.182. The van der Waals surface area contributed by atoms with Crippen molar-refractivity contribution in [1.29, 1.82) is 0 Å². The van der Waals surface area contributed by atoms with Gasteiger partial charge in [0.2, 0.25) is 0 Å². The maximum atomic E-state index is 12.6. The van der Waals surface area contributed by atoms with Crippen LogP contribution < -0.4 is 0 Å². The Bertz CT molecular complexity index is 307. The Balaban J connectivity index is 5.57. The first-order valence-corrected chi connectivity index (χ1v) is 7.46. The first-order chi connectivity index (χ1) is 9.03. The molecule has 4 nitrogen and oxygen atoms in total. The molecule has 0 aromatic heterocycles. The van der Waals surface area contributed by atoms with E-state index in [2.05, 4.69) is 0 Å². The molecular weight excluding hydrogens is 256 g/mol. The smallest absolute Gasteiger partial charge is 0.324 e. The summed E-state index contributed by atoms with van der Waals surface area (Å²) >= 11 is 0. The molecule has 0 unspecified atom stereocenters. The Labute approximate surface area is 123 Å². The van der Waals surface area contributed by atoms with Crippen molar-refractivity contribution in [3.8, 4) is 0 Å². The second-order valence-corrected chi connectivity index (χ2v) is 6.63. The van der Waals surface area contributed by atoms with Crippen molar-refractivity contribution >= 4 is 11.9 Å². The molecule has 0 saturated heterocycles. The van der Waals surface area contributed by atoms with Crippen LogP contribution in [-0.2, 0) is 19.1 Å². The van der Waals surface area contributed by atoms with Crippen LogP contribution in [0, 0.1) is 17.3 Å². The monoisotopic (exact) mass is 286 g/mol. The number of hydrogen-bond donors (Lipinski definition) is 0. The maximum absolute atomic E-state index is 12.6. The summed E-state index contributed by atoms with van der Waals surface area (Å²) in [5.74, 6) is -0.928. The number of carbonyl (C=O) groups is 2. The van der Waals surface area contributed by atoms with Crippen molar-refractivity contribution < 1.29 is 19.1 Å². The van der Waals surface area contributed by atoms with Gasteiger partial charge >= 0.3 is 11.9 Å². The summed E-state index contributed by atoms with van der Waals surface area (Å²) in [4.78, 5) is 25.1. The van der Waals surface area contributed by atoms with E-state index in [-0.39, 0.29) is 24.0 Å². The van der Waals surface area contributed by atoms with E-state index in [0.717, 1.165) is 0 Å². The Morgan fingerprint density at radius 3 is 1.35 bits per heavy atom. The van der Waals surface area contributed by atoms with E-state index in [1.165, 1.54) is 0 Å². The van der Waals surface area contributed by atoms with E-state index in [1.807, 2.05) is 27.7 Å². The number of carbonyl (C=O) groups excluding carboxylic acids is 2. The van der Waals surface area contributed by atoms with Crippen molar-refractivity contribution in [2.24, 2.45) is 17.3 Å². The summed E-state index contributed by atoms with van der Waals surface area (Å²) in [5.41, 5.74) is -1.22. The highest BCUT2D eigenvalue weighted by molar-refractivity contribution is 6.00. The minimum atomic E-state index is -1.22. The topological polar surface area (TPSA) is 52.6 Å². The summed E-state index contributed by atoms with van der Waals surface area (Å²) in [6.07, 6.45) is -0.0684. The van der Waals surface area contributed by atoms with Gasteiger partial charge in [0.25, 0.3) is 0 Å². The predicted octanol–water partition coefficient (Wildman–Crippen LogP) is 3.58. The standard InChI is InChI=1S/C16H30O4/c1-10(2)9-16(11(3)4,14(17)19-12(5)6)15(18)20-13(7)8/h10-13H,9H2,1-8H3. The minimum absolute atomic E-state index is 0.178. The van der Waals surface area contributed by atoms with Gasteiger partial charge < -0.3 is 9.47 Å². The van der Waals surface area contributed by atoms with Crippen molar-refractivity contribution in [3.63, 3.8) is 0 Å². The van der Waals surface area contributed by atoms with Crippen molar-refractivity contribution in [1.82, 2.24) is 0 Å². The summed E-state index contributed by atoms with van der Waals surface area (Å²) < 4.78 is 10.7. The molecule has 0 amide bonds. The second kappa shape index (κ2) is 7.65. The highest BCUT2D eigenvalue weighted by Gasteiger charge is 2.52. The first-order valence-electron chi connectivity index (χ1n) is 7.46. The average Bonchev–Trinajstić information content (AvgIpc) is 2.22. The van der Waals surface area contributed by atoms with Crippen LogP contribution in [0.15, 0.2) is 0 Å². The summed E-state index contributed by atoms with van der Waals surface area (Å²) in [5, 5.41) is 0. The molecule has 0 aromatic rings. The second-order valence-electron chi connectivity index (χ2n) is 6.63. The molecule has 4 heteroatoms. The molecule has 0 bridgehead atoms. The molecule has 0 heterocycles. The molecule has 0 aliphatic carbocycles. The van der Waals surface area contributed by atoms with Gasteiger partial charge in [-0.15, -0.1) is 0 Å². The normalized spacial score (nSPS) is 12.4. The molecule has 0 radical (unpaired) electrons. The lowest BCUT2D eigenvalue weighted by Crippen LogP contribution is -2.48. The Morgan fingerprint density at radius 2 is 1.15 bits per heavy atom. The Morgan fingerprint density at radius 1 is 0.800 bits per heavy atom. The van der Waals surface area contributed by atoms with Gasteiger partial charge in [0.15, 0.2) is 5.41 Å². The first kappa shape index (κ1) is 18.9. The van der Waals surface area contributed by atoms with Crippen LogP contribution in [-0.4, -0.2) is 24.1 Å². The van der Waals surface area contributed by atoms with Gasteiger partial charge in [0.1, 0.15) is 0 Å². The van der Waals surface area contributed by atoms with Crippen LogP contribution in [0.3, 0.4) is 0 Å². The van der Waals surface area contributed by atoms with Gasteiger partial charge in [-0.3, -0.25) is 9.59 Å². The third kappa shape index (κ3) is 4.80. The Kier molecular flexibility index (Phi) is 7.25. The van der Waals surface area contributed by atoms with E-state index in [1.54, 1.807) is 27.7 Å². The van der Waals surface area contributed by atoms with Gasteiger partial charge in [0.05, 0.1) is 12.2 Å². The van der Waals surface area contributed by atoms with Crippen molar-refractivity contribution in [2.75, 3.05) is 0 Å². The molecule has 0 aromatic carbocycles. The fourth-order valence-corrected chi connectivity index (χ4v) is 2.24. The molecule has 0 aliphatic rings. The molecule has 0 N–H and O–H groups in total. The molecule has 0 saturated carbocycles. The zero-order chi connectivity index (χ0) is 16.1. The third-order valence-corrected chi connectivity index (χ3v) is 3.13. The van der Waals surface area contributed by atoms with E-state index < -0.39 is 17.4 Å². The predicted molar refractivity (Wildman–Crippen MR) is 79.2 cm³/mol. The molecule has 0 spiro atoms. The zero-order valence-electron chi connectivity index (χ0n) is 14.1. The molecule has 0 fully saturated rings. The lowest BCUT2D eigenvalue weighted by Gasteiger charge is -2.35. The van der Waals surface area contributed by atoms with Crippen molar-refractivity contribution in [2.45, 2.75) is 74.0 Å². The number of ether oxygens (including phenoxy) is 2. The quantitative estimate of drug-likeness (QED) is 0.530.